The zero-order valence-electron chi connectivity index (χ0n) is 13.1. The van der Waals surface area contributed by atoms with Gasteiger partial charge in [-0.1, -0.05) is 48.5 Å². The number of rotatable bonds is 7. The number of ether oxygens (including phenoxy) is 1. The Balaban J connectivity index is 1.49. The zero-order valence-corrected chi connectivity index (χ0v) is 13.9. The molecule has 0 radical (unpaired) electrons. The first-order valence-corrected chi connectivity index (χ1v) is 8.63. The molecule has 1 N–H and O–H groups in total. The van der Waals surface area contributed by atoms with Gasteiger partial charge in [0.1, 0.15) is 17.4 Å². The lowest BCUT2D eigenvalue weighted by atomic mass is 10.2. The number of hydrogen-bond acceptors (Lipinski definition) is 4. The van der Waals surface area contributed by atoms with E-state index >= 15 is 0 Å². The van der Waals surface area contributed by atoms with Gasteiger partial charge < -0.3 is 10.1 Å². The molecule has 0 amide bonds. The predicted octanol–water partition coefficient (Wildman–Crippen LogP) is 4.54. The summed E-state index contributed by atoms with van der Waals surface area (Å²) in [6, 6.07) is 20.4. The van der Waals surface area contributed by atoms with E-state index < -0.39 is 0 Å². The standard InChI is InChI=1S/C19H20N2OS/c1-15(20-12-13-22-17-10-6-3-7-11-17)19-21-18(14-23-19)16-8-4-2-5-9-16/h2-11,14-15,20H,12-13H2,1H3. The molecule has 3 rings (SSSR count). The Bertz CT molecular complexity index is 713. The fourth-order valence-corrected chi connectivity index (χ4v) is 3.14. The molecule has 1 heterocycles. The Morgan fingerprint density at radius 1 is 1.04 bits per heavy atom. The van der Waals surface area contributed by atoms with Crippen LogP contribution >= 0.6 is 11.3 Å². The first-order chi connectivity index (χ1) is 11.3. The highest BCUT2D eigenvalue weighted by Gasteiger charge is 2.10. The maximum absolute atomic E-state index is 5.69. The third kappa shape index (κ3) is 4.41. The first-order valence-electron chi connectivity index (χ1n) is 7.75. The maximum atomic E-state index is 5.69. The van der Waals surface area contributed by atoms with E-state index in [9.17, 15) is 0 Å². The van der Waals surface area contributed by atoms with Crippen molar-refractivity contribution in [2.75, 3.05) is 13.2 Å². The quantitative estimate of drug-likeness (QED) is 0.648. The van der Waals surface area contributed by atoms with E-state index in [0.717, 1.165) is 28.6 Å². The Morgan fingerprint density at radius 2 is 1.74 bits per heavy atom. The van der Waals surface area contributed by atoms with Gasteiger partial charge in [0.05, 0.1) is 11.7 Å². The molecule has 0 fully saturated rings. The molecule has 3 aromatic rings. The molecule has 1 unspecified atom stereocenters. The molecule has 0 aliphatic carbocycles. The summed E-state index contributed by atoms with van der Waals surface area (Å²) in [7, 11) is 0. The van der Waals surface area contributed by atoms with Gasteiger partial charge in [-0.25, -0.2) is 4.98 Å². The Kier molecular flexibility index (Phi) is 5.40. The molecule has 0 saturated carbocycles. The highest BCUT2D eigenvalue weighted by molar-refractivity contribution is 7.10. The van der Waals surface area contributed by atoms with Crippen LogP contribution in [0.5, 0.6) is 5.75 Å². The maximum Gasteiger partial charge on any atom is 0.119 e. The second-order valence-electron chi connectivity index (χ2n) is 5.27. The van der Waals surface area contributed by atoms with Crippen molar-refractivity contribution in [3.63, 3.8) is 0 Å². The lowest BCUT2D eigenvalue weighted by molar-refractivity contribution is 0.307. The highest BCUT2D eigenvalue weighted by Crippen LogP contribution is 2.25. The van der Waals surface area contributed by atoms with Crippen LogP contribution in [0.25, 0.3) is 11.3 Å². The van der Waals surface area contributed by atoms with Gasteiger partial charge in [-0.2, -0.15) is 0 Å². The van der Waals surface area contributed by atoms with Crippen LogP contribution in [0.1, 0.15) is 18.0 Å². The van der Waals surface area contributed by atoms with Crippen LogP contribution in [0, 0.1) is 0 Å². The van der Waals surface area contributed by atoms with E-state index in [0.29, 0.717) is 6.61 Å². The van der Waals surface area contributed by atoms with Crippen LogP contribution in [0.4, 0.5) is 0 Å². The molecule has 0 spiro atoms. The second-order valence-corrected chi connectivity index (χ2v) is 6.16. The van der Waals surface area contributed by atoms with Crippen molar-refractivity contribution in [3.8, 4) is 17.0 Å². The molecule has 2 aromatic carbocycles. The van der Waals surface area contributed by atoms with E-state index in [2.05, 4.69) is 29.8 Å². The third-order valence-electron chi connectivity index (χ3n) is 3.53. The molecule has 23 heavy (non-hydrogen) atoms. The van der Waals surface area contributed by atoms with Crippen LogP contribution in [0.3, 0.4) is 0 Å². The summed E-state index contributed by atoms with van der Waals surface area (Å²) in [5.41, 5.74) is 2.20. The Labute approximate surface area is 141 Å². The monoisotopic (exact) mass is 324 g/mol. The van der Waals surface area contributed by atoms with E-state index in [4.69, 9.17) is 9.72 Å². The minimum atomic E-state index is 0.219. The van der Waals surface area contributed by atoms with Crippen molar-refractivity contribution in [2.24, 2.45) is 0 Å². The molecule has 0 aliphatic heterocycles. The minimum absolute atomic E-state index is 0.219. The van der Waals surface area contributed by atoms with Gasteiger partial charge in [-0.15, -0.1) is 11.3 Å². The average molecular weight is 324 g/mol. The van der Waals surface area contributed by atoms with Gasteiger partial charge >= 0.3 is 0 Å². The summed E-state index contributed by atoms with van der Waals surface area (Å²) in [5.74, 6) is 0.905. The number of nitrogens with one attached hydrogen (secondary N) is 1. The average Bonchev–Trinajstić information content (AvgIpc) is 3.10. The largest absolute Gasteiger partial charge is 0.492 e. The number of para-hydroxylation sites is 1. The molecular formula is C19H20N2OS. The molecule has 1 atom stereocenters. The number of nitrogens with zero attached hydrogens (tertiary/aromatic N) is 1. The van der Waals surface area contributed by atoms with Crippen molar-refractivity contribution in [2.45, 2.75) is 13.0 Å². The van der Waals surface area contributed by atoms with Gasteiger partial charge in [0.15, 0.2) is 0 Å². The minimum Gasteiger partial charge on any atom is -0.492 e. The molecule has 0 bridgehead atoms. The van der Waals surface area contributed by atoms with Crippen LogP contribution in [-0.4, -0.2) is 18.1 Å². The fraction of sp³-hybridized carbons (Fsp3) is 0.211. The molecule has 3 nitrogen and oxygen atoms in total. The lowest BCUT2D eigenvalue weighted by Gasteiger charge is -2.12. The van der Waals surface area contributed by atoms with Crippen LogP contribution in [-0.2, 0) is 0 Å². The van der Waals surface area contributed by atoms with Crippen LogP contribution in [0.2, 0.25) is 0 Å². The van der Waals surface area contributed by atoms with E-state index in [1.165, 1.54) is 0 Å². The fourth-order valence-electron chi connectivity index (χ4n) is 2.28. The summed E-state index contributed by atoms with van der Waals surface area (Å²) in [5, 5.41) is 6.67. The van der Waals surface area contributed by atoms with Gasteiger partial charge in [-0.3, -0.25) is 0 Å². The van der Waals surface area contributed by atoms with Crippen molar-refractivity contribution < 1.29 is 4.74 Å². The highest BCUT2D eigenvalue weighted by atomic mass is 32.1. The number of thiazole rings is 1. The Morgan fingerprint density at radius 3 is 2.48 bits per heavy atom. The van der Waals surface area contributed by atoms with Crippen molar-refractivity contribution in [3.05, 3.63) is 71.1 Å². The molecule has 118 valence electrons. The topological polar surface area (TPSA) is 34.1 Å². The first kappa shape index (κ1) is 15.7. The van der Waals surface area contributed by atoms with Crippen LogP contribution < -0.4 is 10.1 Å². The zero-order chi connectivity index (χ0) is 15.9. The number of aromatic nitrogens is 1. The van der Waals surface area contributed by atoms with Crippen molar-refractivity contribution in [1.29, 1.82) is 0 Å². The number of benzene rings is 2. The summed E-state index contributed by atoms with van der Waals surface area (Å²) in [6.45, 7) is 3.57. The van der Waals surface area contributed by atoms with Gasteiger partial charge in [-0.05, 0) is 19.1 Å². The predicted molar refractivity (Wildman–Crippen MR) is 95.9 cm³/mol. The molecule has 1 aromatic heterocycles. The van der Waals surface area contributed by atoms with Gasteiger partial charge in [0, 0.05) is 17.5 Å². The summed E-state index contributed by atoms with van der Waals surface area (Å²) in [6.07, 6.45) is 0. The van der Waals surface area contributed by atoms with Crippen molar-refractivity contribution in [1.82, 2.24) is 10.3 Å². The van der Waals surface area contributed by atoms with E-state index in [1.807, 2.05) is 48.5 Å². The third-order valence-corrected chi connectivity index (χ3v) is 4.55. The van der Waals surface area contributed by atoms with Crippen molar-refractivity contribution >= 4 is 11.3 Å². The lowest BCUT2D eigenvalue weighted by Crippen LogP contribution is -2.24. The molecule has 0 aliphatic rings. The number of hydrogen-bond donors (Lipinski definition) is 1. The second kappa shape index (κ2) is 7.90. The van der Waals surface area contributed by atoms with Gasteiger partial charge in [0.2, 0.25) is 0 Å². The molecule has 0 saturated heterocycles. The summed E-state index contributed by atoms with van der Waals surface area (Å²) in [4.78, 5) is 4.73. The Hall–Kier alpha value is -2.17. The van der Waals surface area contributed by atoms with Gasteiger partial charge in [0.25, 0.3) is 0 Å². The normalized spacial score (nSPS) is 12.0. The molecule has 4 heteroatoms. The summed E-state index contributed by atoms with van der Waals surface area (Å²) < 4.78 is 5.69. The smallest absolute Gasteiger partial charge is 0.119 e. The van der Waals surface area contributed by atoms with E-state index in [-0.39, 0.29) is 6.04 Å². The van der Waals surface area contributed by atoms with E-state index in [1.54, 1.807) is 11.3 Å². The molecular weight excluding hydrogens is 304 g/mol. The summed E-state index contributed by atoms with van der Waals surface area (Å²) >= 11 is 1.69. The SMILES string of the molecule is CC(NCCOc1ccccc1)c1nc(-c2ccccc2)cs1. The van der Waals surface area contributed by atoms with Crippen LogP contribution in [0.15, 0.2) is 66.0 Å².